The van der Waals surface area contributed by atoms with Crippen molar-refractivity contribution in [2.24, 2.45) is 0 Å². The second-order valence-electron chi connectivity index (χ2n) is 4.87. The van der Waals surface area contributed by atoms with Gasteiger partial charge in [0, 0.05) is 17.8 Å². The monoisotopic (exact) mass is 237 g/mol. The van der Waals surface area contributed by atoms with E-state index in [2.05, 4.69) is 27.3 Å². The summed E-state index contributed by atoms with van der Waals surface area (Å²) in [6.45, 7) is 0. The first kappa shape index (κ1) is 10.7. The van der Waals surface area contributed by atoms with Crippen LogP contribution in [0.3, 0.4) is 0 Å². The summed E-state index contributed by atoms with van der Waals surface area (Å²) in [7, 11) is 0. The van der Waals surface area contributed by atoms with Gasteiger partial charge < -0.3 is 5.32 Å². The Morgan fingerprint density at radius 3 is 3.00 bits per heavy atom. The highest BCUT2D eigenvalue weighted by Gasteiger charge is 2.23. The highest BCUT2D eigenvalue weighted by atomic mass is 32.2. The van der Waals surface area contributed by atoms with Crippen molar-refractivity contribution >= 4 is 11.8 Å². The Bertz CT molecular complexity index is 344. The predicted octanol–water partition coefficient (Wildman–Crippen LogP) is 1.75. The average Bonchev–Trinajstić information content (AvgIpc) is 2.77. The molecule has 1 aliphatic heterocycles. The lowest BCUT2D eigenvalue weighted by atomic mass is 9.92. The molecule has 0 amide bonds. The standard InChI is InChI=1S/C12H19N3S/c1-2-12-9(8-13-15-12)7-11(1)14-10-3-5-16-6-4-10/h8,10-11,14H,1-7H2,(H,13,15). The molecule has 88 valence electrons. The van der Waals surface area contributed by atoms with Crippen LogP contribution < -0.4 is 5.32 Å². The third-order valence-electron chi connectivity index (χ3n) is 3.71. The van der Waals surface area contributed by atoms with Crippen molar-refractivity contribution in [2.75, 3.05) is 11.5 Å². The lowest BCUT2D eigenvalue weighted by Gasteiger charge is -2.30. The van der Waals surface area contributed by atoms with Crippen molar-refractivity contribution in [1.29, 1.82) is 0 Å². The largest absolute Gasteiger partial charge is 0.311 e. The van der Waals surface area contributed by atoms with Crippen molar-refractivity contribution in [2.45, 2.75) is 44.2 Å². The zero-order valence-electron chi connectivity index (χ0n) is 9.54. The van der Waals surface area contributed by atoms with E-state index in [-0.39, 0.29) is 0 Å². The number of nitrogens with zero attached hydrogens (tertiary/aromatic N) is 1. The van der Waals surface area contributed by atoms with E-state index in [9.17, 15) is 0 Å². The Morgan fingerprint density at radius 1 is 1.25 bits per heavy atom. The van der Waals surface area contributed by atoms with Gasteiger partial charge in [0.25, 0.3) is 0 Å². The molecule has 0 spiro atoms. The first-order chi connectivity index (χ1) is 7.92. The van der Waals surface area contributed by atoms with Crippen LogP contribution in [0.2, 0.25) is 0 Å². The molecule has 1 fully saturated rings. The van der Waals surface area contributed by atoms with Crippen LogP contribution in [0.1, 0.15) is 30.5 Å². The van der Waals surface area contributed by atoms with E-state index < -0.39 is 0 Å². The number of aromatic amines is 1. The lowest BCUT2D eigenvalue weighted by molar-refractivity contribution is 0.376. The SMILES string of the molecule is c1n[nH]c2c1CC(NC1CCSCC1)CC2. The van der Waals surface area contributed by atoms with Crippen LogP contribution in [0.15, 0.2) is 6.20 Å². The number of hydrogen-bond acceptors (Lipinski definition) is 3. The first-order valence-electron chi connectivity index (χ1n) is 6.27. The molecular formula is C12H19N3S. The van der Waals surface area contributed by atoms with E-state index in [1.54, 1.807) is 0 Å². The highest BCUT2D eigenvalue weighted by Crippen LogP contribution is 2.22. The van der Waals surface area contributed by atoms with Gasteiger partial charge in [-0.05, 0) is 49.2 Å². The molecule has 0 bridgehead atoms. The van der Waals surface area contributed by atoms with Gasteiger partial charge in [-0.2, -0.15) is 16.9 Å². The van der Waals surface area contributed by atoms with Gasteiger partial charge in [0.1, 0.15) is 0 Å². The van der Waals surface area contributed by atoms with Crippen LogP contribution in [0.25, 0.3) is 0 Å². The zero-order chi connectivity index (χ0) is 10.8. The maximum absolute atomic E-state index is 4.13. The molecule has 4 heteroatoms. The topological polar surface area (TPSA) is 40.7 Å². The quantitative estimate of drug-likeness (QED) is 0.823. The fourth-order valence-electron chi connectivity index (χ4n) is 2.76. The van der Waals surface area contributed by atoms with Gasteiger partial charge in [0.15, 0.2) is 0 Å². The molecule has 0 aromatic carbocycles. The fourth-order valence-corrected chi connectivity index (χ4v) is 3.86. The summed E-state index contributed by atoms with van der Waals surface area (Å²) in [6, 6.07) is 1.44. The second-order valence-corrected chi connectivity index (χ2v) is 6.09. The van der Waals surface area contributed by atoms with E-state index in [1.165, 1.54) is 42.0 Å². The Kier molecular flexibility index (Phi) is 3.20. The molecule has 1 saturated heterocycles. The van der Waals surface area contributed by atoms with Gasteiger partial charge in [0.2, 0.25) is 0 Å². The van der Waals surface area contributed by atoms with Crippen molar-refractivity contribution in [3.63, 3.8) is 0 Å². The highest BCUT2D eigenvalue weighted by molar-refractivity contribution is 7.99. The molecule has 0 radical (unpaired) electrons. The predicted molar refractivity (Wildman–Crippen MR) is 67.9 cm³/mol. The van der Waals surface area contributed by atoms with Gasteiger partial charge in [-0.15, -0.1) is 0 Å². The molecular weight excluding hydrogens is 218 g/mol. The molecule has 3 nitrogen and oxygen atoms in total. The second kappa shape index (κ2) is 4.80. The molecule has 16 heavy (non-hydrogen) atoms. The molecule has 2 aliphatic rings. The summed E-state index contributed by atoms with van der Waals surface area (Å²) in [6.07, 6.45) is 8.28. The van der Waals surface area contributed by atoms with Gasteiger partial charge in [-0.25, -0.2) is 0 Å². The smallest absolute Gasteiger partial charge is 0.0522 e. The number of aryl methyl sites for hydroxylation is 1. The molecule has 0 saturated carbocycles. The van der Waals surface area contributed by atoms with Gasteiger partial charge in [0.05, 0.1) is 6.20 Å². The van der Waals surface area contributed by atoms with Crippen LogP contribution in [-0.4, -0.2) is 33.8 Å². The number of aromatic nitrogens is 2. The fraction of sp³-hybridized carbons (Fsp3) is 0.750. The average molecular weight is 237 g/mol. The number of rotatable bonds is 2. The summed E-state index contributed by atoms with van der Waals surface area (Å²) in [5.74, 6) is 2.67. The number of H-pyrrole nitrogens is 1. The Labute approximate surface area is 101 Å². The van der Waals surface area contributed by atoms with Gasteiger partial charge >= 0.3 is 0 Å². The molecule has 1 unspecified atom stereocenters. The molecule has 1 aliphatic carbocycles. The van der Waals surface area contributed by atoms with Crippen molar-refractivity contribution in [3.8, 4) is 0 Å². The van der Waals surface area contributed by atoms with Gasteiger partial charge in [-0.3, -0.25) is 5.10 Å². The van der Waals surface area contributed by atoms with Crippen LogP contribution in [0, 0.1) is 0 Å². The minimum atomic E-state index is 0.679. The minimum Gasteiger partial charge on any atom is -0.311 e. The number of fused-ring (bicyclic) bond motifs is 1. The molecule has 2 heterocycles. The third-order valence-corrected chi connectivity index (χ3v) is 4.76. The molecule has 1 aromatic rings. The molecule has 3 rings (SSSR count). The van der Waals surface area contributed by atoms with Crippen molar-refractivity contribution < 1.29 is 0 Å². The van der Waals surface area contributed by atoms with Crippen molar-refractivity contribution in [3.05, 3.63) is 17.5 Å². The Hall–Kier alpha value is -0.480. The van der Waals surface area contributed by atoms with E-state index in [1.807, 2.05) is 6.20 Å². The van der Waals surface area contributed by atoms with Crippen LogP contribution in [0.4, 0.5) is 0 Å². The maximum atomic E-state index is 4.13. The van der Waals surface area contributed by atoms with Crippen molar-refractivity contribution in [1.82, 2.24) is 15.5 Å². The first-order valence-corrected chi connectivity index (χ1v) is 7.42. The summed E-state index contributed by atoms with van der Waals surface area (Å²) in [5, 5.41) is 11.1. The van der Waals surface area contributed by atoms with E-state index >= 15 is 0 Å². The third kappa shape index (κ3) is 2.28. The summed E-state index contributed by atoms with van der Waals surface area (Å²) in [5.41, 5.74) is 2.78. The normalized spacial score (nSPS) is 26.6. The van der Waals surface area contributed by atoms with Gasteiger partial charge in [-0.1, -0.05) is 0 Å². The van der Waals surface area contributed by atoms with Crippen LogP contribution in [-0.2, 0) is 12.8 Å². The molecule has 1 atom stereocenters. The molecule has 1 aromatic heterocycles. The number of nitrogens with one attached hydrogen (secondary N) is 2. The summed E-state index contributed by atoms with van der Waals surface area (Å²) < 4.78 is 0. The summed E-state index contributed by atoms with van der Waals surface area (Å²) in [4.78, 5) is 0. The lowest BCUT2D eigenvalue weighted by Crippen LogP contribution is -2.43. The minimum absolute atomic E-state index is 0.679. The maximum Gasteiger partial charge on any atom is 0.0522 e. The van der Waals surface area contributed by atoms with Crippen LogP contribution in [0.5, 0.6) is 0 Å². The van der Waals surface area contributed by atoms with E-state index in [0.717, 1.165) is 18.9 Å². The van der Waals surface area contributed by atoms with E-state index in [0.29, 0.717) is 6.04 Å². The summed E-state index contributed by atoms with van der Waals surface area (Å²) >= 11 is 2.10. The van der Waals surface area contributed by atoms with Crippen LogP contribution >= 0.6 is 11.8 Å². The zero-order valence-corrected chi connectivity index (χ0v) is 10.4. The molecule has 2 N–H and O–H groups in total. The number of thioether (sulfide) groups is 1. The Balaban J connectivity index is 1.57. The Morgan fingerprint density at radius 2 is 2.12 bits per heavy atom. The van der Waals surface area contributed by atoms with E-state index in [4.69, 9.17) is 0 Å². The number of hydrogen-bond donors (Lipinski definition) is 2.